The summed E-state index contributed by atoms with van der Waals surface area (Å²) in [7, 11) is -3.72. The largest absolute Gasteiger partial charge is 0.483 e. The van der Waals surface area contributed by atoms with Crippen LogP contribution in [0, 0.1) is 6.92 Å². The second-order valence-corrected chi connectivity index (χ2v) is 9.22. The van der Waals surface area contributed by atoms with Crippen molar-refractivity contribution in [2.24, 2.45) is 0 Å². The maximum Gasteiger partial charge on any atom is 0.262 e. The fourth-order valence-corrected chi connectivity index (χ4v) is 4.29. The molecular formula is C25H28N2O4S. The molecule has 0 bridgehead atoms. The van der Waals surface area contributed by atoms with Crippen LogP contribution in [0.1, 0.15) is 30.9 Å². The minimum Gasteiger partial charge on any atom is -0.483 e. The second-order valence-electron chi connectivity index (χ2n) is 7.54. The number of unbranched alkanes of at least 4 members (excludes halogenated alkanes) is 1. The fraction of sp³-hybridized carbons (Fsp3) is 0.240. The van der Waals surface area contributed by atoms with E-state index in [0.717, 1.165) is 19.3 Å². The van der Waals surface area contributed by atoms with Crippen molar-refractivity contribution in [3.63, 3.8) is 0 Å². The highest BCUT2D eigenvalue weighted by Gasteiger charge is 2.16. The van der Waals surface area contributed by atoms with Gasteiger partial charge in [-0.05, 0) is 73.4 Å². The van der Waals surface area contributed by atoms with E-state index >= 15 is 0 Å². The molecule has 3 aromatic carbocycles. The van der Waals surface area contributed by atoms with E-state index in [1.54, 1.807) is 37.3 Å². The maximum absolute atomic E-state index is 12.6. The third-order valence-corrected chi connectivity index (χ3v) is 6.28. The summed E-state index contributed by atoms with van der Waals surface area (Å²) in [6.45, 7) is 3.72. The number of nitrogens with one attached hydrogen (secondary N) is 2. The van der Waals surface area contributed by atoms with Crippen LogP contribution in [0.25, 0.3) is 0 Å². The first-order valence-electron chi connectivity index (χ1n) is 10.6. The third-order valence-electron chi connectivity index (χ3n) is 4.90. The summed E-state index contributed by atoms with van der Waals surface area (Å²) in [5, 5.41) is 2.81. The number of hydrogen-bond donors (Lipinski definition) is 2. The molecule has 2 N–H and O–H groups in total. The van der Waals surface area contributed by atoms with Crippen molar-refractivity contribution >= 4 is 27.3 Å². The van der Waals surface area contributed by atoms with Gasteiger partial charge in [-0.3, -0.25) is 9.52 Å². The van der Waals surface area contributed by atoms with Gasteiger partial charge >= 0.3 is 0 Å². The molecule has 0 spiro atoms. The summed E-state index contributed by atoms with van der Waals surface area (Å²) in [4.78, 5) is 12.4. The van der Waals surface area contributed by atoms with Crippen LogP contribution >= 0.6 is 0 Å². The Morgan fingerprint density at radius 2 is 1.66 bits per heavy atom. The van der Waals surface area contributed by atoms with Gasteiger partial charge in [-0.15, -0.1) is 0 Å². The molecule has 0 saturated heterocycles. The van der Waals surface area contributed by atoms with E-state index in [9.17, 15) is 13.2 Å². The lowest BCUT2D eigenvalue weighted by Gasteiger charge is -2.12. The van der Waals surface area contributed by atoms with Crippen LogP contribution in [-0.4, -0.2) is 20.9 Å². The zero-order valence-corrected chi connectivity index (χ0v) is 19.1. The Morgan fingerprint density at radius 1 is 0.938 bits per heavy atom. The first-order chi connectivity index (χ1) is 15.4. The Morgan fingerprint density at radius 3 is 2.31 bits per heavy atom. The molecule has 3 rings (SSSR count). The van der Waals surface area contributed by atoms with Crippen LogP contribution in [0.2, 0.25) is 0 Å². The van der Waals surface area contributed by atoms with Gasteiger partial charge in [-0.1, -0.05) is 43.7 Å². The Labute approximate surface area is 189 Å². The van der Waals surface area contributed by atoms with E-state index in [2.05, 4.69) is 17.0 Å². The molecular weight excluding hydrogens is 424 g/mol. The monoisotopic (exact) mass is 452 g/mol. The van der Waals surface area contributed by atoms with Gasteiger partial charge in [-0.25, -0.2) is 8.42 Å². The van der Waals surface area contributed by atoms with Gasteiger partial charge in [0.1, 0.15) is 5.75 Å². The SMILES string of the molecule is CCCCc1ccc(NC(=O)COc2ccc(S(=O)(=O)Nc3ccccc3)cc2C)cc1. The van der Waals surface area contributed by atoms with Crippen LogP contribution < -0.4 is 14.8 Å². The van der Waals surface area contributed by atoms with Gasteiger partial charge < -0.3 is 10.1 Å². The van der Waals surface area contributed by atoms with Crippen molar-refractivity contribution in [1.29, 1.82) is 0 Å². The average Bonchev–Trinajstić information content (AvgIpc) is 2.78. The summed E-state index contributed by atoms with van der Waals surface area (Å²) in [5.74, 6) is 0.168. The second kappa shape index (κ2) is 10.8. The number of carbonyl (C=O) groups is 1. The molecule has 3 aromatic rings. The molecule has 0 atom stereocenters. The minimum absolute atomic E-state index is 0.124. The Balaban J connectivity index is 1.57. The Bertz CT molecular complexity index is 1140. The number of aryl methyl sites for hydroxylation is 2. The molecule has 168 valence electrons. The van der Waals surface area contributed by atoms with E-state index in [4.69, 9.17) is 4.74 Å². The predicted molar refractivity (Wildman–Crippen MR) is 128 cm³/mol. The number of benzene rings is 3. The number of ether oxygens (including phenoxy) is 1. The Kier molecular flexibility index (Phi) is 7.89. The van der Waals surface area contributed by atoms with Crippen molar-refractivity contribution in [3.8, 4) is 5.75 Å². The normalized spacial score (nSPS) is 11.1. The molecule has 7 heteroatoms. The highest BCUT2D eigenvalue weighted by atomic mass is 32.2. The summed E-state index contributed by atoms with van der Waals surface area (Å²) in [6.07, 6.45) is 3.31. The number of anilines is 2. The molecule has 0 unspecified atom stereocenters. The number of amides is 1. The highest BCUT2D eigenvalue weighted by molar-refractivity contribution is 7.92. The zero-order valence-electron chi connectivity index (χ0n) is 18.3. The van der Waals surface area contributed by atoms with E-state index < -0.39 is 10.0 Å². The standard InChI is InChI=1S/C25H28N2O4S/c1-3-4-8-20-11-13-21(14-12-20)26-25(28)18-31-24-16-15-23(17-19(24)2)32(29,30)27-22-9-6-5-7-10-22/h5-7,9-17,27H,3-4,8,18H2,1-2H3,(H,26,28). The average molecular weight is 453 g/mol. The molecule has 0 heterocycles. The third kappa shape index (κ3) is 6.59. The zero-order chi connectivity index (χ0) is 23.0. The van der Waals surface area contributed by atoms with Gasteiger partial charge in [0.2, 0.25) is 0 Å². The van der Waals surface area contributed by atoms with Gasteiger partial charge in [0.25, 0.3) is 15.9 Å². The van der Waals surface area contributed by atoms with E-state index in [-0.39, 0.29) is 17.4 Å². The molecule has 6 nitrogen and oxygen atoms in total. The highest BCUT2D eigenvalue weighted by Crippen LogP contribution is 2.23. The molecule has 0 saturated carbocycles. The number of rotatable bonds is 10. The van der Waals surface area contributed by atoms with Crippen molar-refractivity contribution in [3.05, 3.63) is 83.9 Å². The molecule has 0 aliphatic heterocycles. The number of sulfonamides is 1. The predicted octanol–water partition coefficient (Wildman–Crippen LogP) is 5.16. The molecule has 0 aliphatic rings. The molecule has 0 aliphatic carbocycles. The van der Waals surface area contributed by atoms with Gasteiger partial charge in [-0.2, -0.15) is 0 Å². The Hall–Kier alpha value is -3.32. The lowest BCUT2D eigenvalue weighted by molar-refractivity contribution is -0.118. The van der Waals surface area contributed by atoms with Crippen molar-refractivity contribution in [2.75, 3.05) is 16.6 Å². The number of para-hydroxylation sites is 1. The topological polar surface area (TPSA) is 84.5 Å². The summed E-state index contributed by atoms with van der Waals surface area (Å²) in [6, 6.07) is 21.0. The van der Waals surface area contributed by atoms with E-state index in [1.807, 2.05) is 30.3 Å². The lowest BCUT2D eigenvalue weighted by atomic mass is 10.1. The van der Waals surface area contributed by atoms with Crippen LogP contribution in [0.15, 0.2) is 77.7 Å². The summed E-state index contributed by atoms with van der Waals surface area (Å²) < 4.78 is 33.3. The first kappa shape index (κ1) is 23.3. The first-order valence-corrected chi connectivity index (χ1v) is 12.1. The van der Waals surface area contributed by atoms with Gasteiger partial charge in [0, 0.05) is 11.4 Å². The van der Waals surface area contributed by atoms with Crippen LogP contribution in [0.5, 0.6) is 5.75 Å². The molecule has 32 heavy (non-hydrogen) atoms. The van der Waals surface area contributed by atoms with Crippen LogP contribution in [-0.2, 0) is 21.2 Å². The van der Waals surface area contributed by atoms with Gasteiger partial charge in [0.15, 0.2) is 6.61 Å². The van der Waals surface area contributed by atoms with E-state index in [1.165, 1.54) is 17.7 Å². The number of hydrogen-bond acceptors (Lipinski definition) is 4. The van der Waals surface area contributed by atoms with Crippen LogP contribution in [0.4, 0.5) is 11.4 Å². The smallest absolute Gasteiger partial charge is 0.262 e. The lowest BCUT2D eigenvalue weighted by Crippen LogP contribution is -2.20. The molecule has 0 fully saturated rings. The van der Waals surface area contributed by atoms with Crippen molar-refractivity contribution < 1.29 is 17.9 Å². The summed E-state index contributed by atoms with van der Waals surface area (Å²) in [5.41, 5.74) is 3.06. The quantitative estimate of drug-likeness (QED) is 0.445. The molecule has 0 aromatic heterocycles. The minimum atomic E-state index is -3.72. The molecule has 0 radical (unpaired) electrons. The van der Waals surface area contributed by atoms with Gasteiger partial charge in [0.05, 0.1) is 4.90 Å². The number of carbonyl (C=O) groups excluding carboxylic acids is 1. The van der Waals surface area contributed by atoms with Crippen molar-refractivity contribution in [2.45, 2.75) is 38.0 Å². The maximum atomic E-state index is 12.6. The van der Waals surface area contributed by atoms with E-state index in [0.29, 0.717) is 22.7 Å². The fourth-order valence-electron chi connectivity index (χ4n) is 3.15. The van der Waals surface area contributed by atoms with Crippen molar-refractivity contribution in [1.82, 2.24) is 0 Å². The van der Waals surface area contributed by atoms with Crippen LogP contribution in [0.3, 0.4) is 0 Å². The molecule has 1 amide bonds. The summed E-state index contributed by atoms with van der Waals surface area (Å²) >= 11 is 0.